The number of nitrogens with one attached hydrogen (secondary N) is 1. The summed E-state index contributed by atoms with van der Waals surface area (Å²) in [5.41, 5.74) is 0. The number of ether oxygens (including phenoxy) is 1. The lowest BCUT2D eigenvalue weighted by molar-refractivity contribution is -0.128. The number of carbonyl (C=O) groups excluding carboxylic acids is 2. The summed E-state index contributed by atoms with van der Waals surface area (Å²) in [6.45, 7) is 6.23. The molecule has 2 amide bonds. The second-order valence-electron chi connectivity index (χ2n) is 5.22. The van der Waals surface area contributed by atoms with Crippen LogP contribution in [-0.2, 0) is 20.9 Å². The molecule has 0 aromatic carbocycles. The number of nitrogens with zero attached hydrogens (tertiary/aromatic N) is 3. The van der Waals surface area contributed by atoms with Crippen LogP contribution in [0.5, 0.6) is 0 Å². The number of hydrogen-bond acceptors (Lipinski definition) is 6. The highest BCUT2D eigenvalue weighted by Crippen LogP contribution is 2.22. The number of amides is 2. The maximum atomic E-state index is 12.2. The van der Waals surface area contributed by atoms with Gasteiger partial charge in [0, 0.05) is 26.1 Å². The molecule has 8 heteroatoms. The van der Waals surface area contributed by atoms with Gasteiger partial charge in [0.2, 0.25) is 16.9 Å². The fraction of sp³-hybridized carbons (Fsp3) is 0.714. The molecule has 7 nitrogen and oxygen atoms in total. The lowest BCUT2D eigenvalue weighted by Crippen LogP contribution is -2.29. The van der Waals surface area contributed by atoms with Gasteiger partial charge in [-0.2, -0.15) is 0 Å². The zero-order chi connectivity index (χ0) is 15.9. The van der Waals surface area contributed by atoms with Crippen molar-refractivity contribution in [2.75, 3.05) is 25.0 Å². The summed E-state index contributed by atoms with van der Waals surface area (Å²) in [5.74, 6) is -0.405. The molecule has 0 radical (unpaired) electrons. The van der Waals surface area contributed by atoms with E-state index in [9.17, 15) is 9.59 Å². The van der Waals surface area contributed by atoms with Gasteiger partial charge in [0.05, 0.1) is 5.92 Å². The van der Waals surface area contributed by atoms with Gasteiger partial charge in [-0.1, -0.05) is 24.7 Å². The van der Waals surface area contributed by atoms with Crippen LogP contribution in [0.2, 0.25) is 0 Å². The highest BCUT2D eigenvalue weighted by atomic mass is 32.1. The van der Waals surface area contributed by atoms with E-state index >= 15 is 0 Å². The van der Waals surface area contributed by atoms with Crippen molar-refractivity contribution < 1.29 is 14.3 Å². The first-order valence-corrected chi connectivity index (χ1v) is 8.44. The van der Waals surface area contributed by atoms with E-state index in [2.05, 4.69) is 22.4 Å². The van der Waals surface area contributed by atoms with Crippen molar-refractivity contribution in [1.29, 1.82) is 0 Å². The first kappa shape index (κ1) is 16.8. The first-order chi connectivity index (χ1) is 10.6. The molecule has 122 valence electrons. The average Bonchev–Trinajstić information content (AvgIpc) is 3.09. The fourth-order valence-electron chi connectivity index (χ4n) is 2.27. The van der Waals surface area contributed by atoms with Crippen LogP contribution < -0.4 is 5.32 Å². The zero-order valence-electron chi connectivity index (χ0n) is 13.0. The summed E-state index contributed by atoms with van der Waals surface area (Å²) in [6, 6.07) is 0. The van der Waals surface area contributed by atoms with E-state index < -0.39 is 0 Å². The third kappa shape index (κ3) is 4.48. The molecule has 22 heavy (non-hydrogen) atoms. The lowest BCUT2D eigenvalue weighted by atomic mass is 10.1. The molecule has 1 fully saturated rings. The van der Waals surface area contributed by atoms with Crippen LogP contribution in [-0.4, -0.2) is 46.6 Å². The highest BCUT2D eigenvalue weighted by Gasteiger charge is 2.34. The minimum atomic E-state index is -0.302. The number of carbonyl (C=O) groups is 2. The van der Waals surface area contributed by atoms with Crippen molar-refractivity contribution in [2.24, 2.45) is 5.92 Å². The van der Waals surface area contributed by atoms with Gasteiger partial charge in [0.1, 0.15) is 11.6 Å². The van der Waals surface area contributed by atoms with Gasteiger partial charge in [-0.15, -0.1) is 10.2 Å². The zero-order valence-corrected chi connectivity index (χ0v) is 13.8. The van der Waals surface area contributed by atoms with Crippen molar-refractivity contribution in [3.05, 3.63) is 5.01 Å². The third-order valence-electron chi connectivity index (χ3n) is 3.49. The van der Waals surface area contributed by atoms with E-state index in [-0.39, 0.29) is 24.2 Å². The molecular weight excluding hydrogens is 304 g/mol. The number of hydrogen-bond donors (Lipinski definition) is 1. The Bertz CT molecular complexity index is 520. The van der Waals surface area contributed by atoms with Crippen molar-refractivity contribution >= 4 is 28.3 Å². The molecule has 1 aromatic rings. The Morgan fingerprint density at radius 2 is 2.27 bits per heavy atom. The quantitative estimate of drug-likeness (QED) is 0.785. The number of unbranched alkanes of at least 4 members (excludes halogenated alkanes) is 1. The summed E-state index contributed by atoms with van der Waals surface area (Å²) in [7, 11) is 0. The molecular formula is C14H22N4O3S. The predicted octanol–water partition coefficient (Wildman–Crippen LogP) is 1.66. The maximum absolute atomic E-state index is 12.2. The third-order valence-corrected chi connectivity index (χ3v) is 4.31. The monoisotopic (exact) mass is 326 g/mol. The summed E-state index contributed by atoms with van der Waals surface area (Å²) in [5, 5.41) is 11.8. The highest BCUT2D eigenvalue weighted by molar-refractivity contribution is 7.15. The molecule has 1 atom stereocenters. The Morgan fingerprint density at radius 1 is 1.45 bits per heavy atom. The molecule has 0 bridgehead atoms. The largest absolute Gasteiger partial charge is 0.374 e. The molecule has 2 heterocycles. The van der Waals surface area contributed by atoms with Gasteiger partial charge >= 0.3 is 0 Å². The van der Waals surface area contributed by atoms with Gasteiger partial charge in [0.25, 0.3) is 0 Å². The van der Waals surface area contributed by atoms with Crippen LogP contribution in [0.4, 0.5) is 5.13 Å². The minimum Gasteiger partial charge on any atom is -0.374 e. The van der Waals surface area contributed by atoms with E-state index in [4.69, 9.17) is 4.74 Å². The Balaban J connectivity index is 1.84. The van der Waals surface area contributed by atoms with E-state index in [0.29, 0.717) is 24.9 Å². The molecule has 1 saturated heterocycles. The number of rotatable bonds is 8. The van der Waals surface area contributed by atoms with Crippen molar-refractivity contribution in [2.45, 2.75) is 39.7 Å². The summed E-state index contributed by atoms with van der Waals surface area (Å²) < 4.78 is 5.25. The van der Waals surface area contributed by atoms with Crippen molar-refractivity contribution in [1.82, 2.24) is 15.1 Å². The Labute approximate surface area is 134 Å². The van der Waals surface area contributed by atoms with Crippen LogP contribution in [0.3, 0.4) is 0 Å². The molecule has 1 unspecified atom stereocenters. The Hall–Kier alpha value is -1.54. The normalized spacial score (nSPS) is 18.0. The second kappa shape index (κ2) is 8.19. The van der Waals surface area contributed by atoms with Gasteiger partial charge in [-0.3, -0.25) is 9.59 Å². The average molecular weight is 326 g/mol. The number of aromatic nitrogens is 2. The summed E-state index contributed by atoms with van der Waals surface area (Å²) >= 11 is 1.30. The van der Waals surface area contributed by atoms with Gasteiger partial charge in [-0.25, -0.2) is 0 Å². The molecule has 1 aromatic heterocycles. The van der Waals surface area contributed by atoms with Crippen LogP contribution in [0.25, 0.3) is 0 Å². The molecule has 1 aliphatic heterocycles. The van der Waals surface area contributed by atoms with Crippen LogP contribution in [0.15, 0.2) is 0 Å². The lowest BCUT2D eigenvalue weighted by Gasteiger charge is -2.15. The van der Waals surface area contributed by atoms with E-state index in [1.54, 1.807) is 4.90 Å². The van der Waals surface area contributed by atoms with Crippen LogP contribution >= 0.6 is 11.3 Å². The smallest absolute Gasteiger partial charge is 0.231 e. The predicted molar refractivity (Wildman–Crippen MR) is 83.5 cm³/mol. The molecule has 0 aliphatic carbocycles. The van der Waals surface area contributed by atoms with Gasteiger partial charge in [0.15, 0.2) is 0 Å². The van der Waals surface area contributed by atoms with Crippen molar-refractivity contribution in [3.8, 4) is 0 Å². The standard InChI is InChI=1S/C14H22N4O3S/c1-3-5-6-18-8-10(7-12(18)19)13(20)15-14-17-16-11(22-14)9-21-4-2/h10H,3-9H2,1-2H3,(H,15,17,20). The van der Waals surface area contributed by atoms with E-state index in [1.807, 2.05) is 6.92 Å². The van der Waals surface area contributed by atoms with Gasteiger partial charge in [-0.05, 0) is 13.3 Å². The first-order valence-electron chi connectivity index (χ1n) is 7.62. The van der Waals surface area contributed by atoms with E-state index in [0.717, 1.165) is 24.4 Å². The molecule has 0 saturated carbocycles. The topological polar surface area (TPSA) is 84.4 Å². The molecule has 0 spiro atoms. The number of likely N-dealkylation sites (tertiary alicyclic amines) is 1. The summed E-state index contributed by atoms with van der Waals surface area (Å²) in [4.78, 5) is 25.9. The minimum absolute atomic E-state index is 0.0582. The van der Waals surface area contributed by atoms with Gasteiger partial charge < -0.3 is 15.0 Å². The summed E-state index contributed by atoms with van der Waals surface area (Å²) in [6.07, 6.45) is 2.28. The SMILES string of the molecule is CCCCN1CC(C(=O)Nc2nnc(COCC)s2)CC1=O. The molecule has 1 N–H and O–H groups in total. The molecule has 1 aliphatic rings. The molecule has 2 rings (SSSR count). The number of anilines is 1. The second-order valence-corrected chi connectivity index (χ2v) is 6.28. The Morgan fingerprint density at radius 3 is 3.00 bits per heavy atom. The van der Waals surface area contributed by atoms with Crippen molar-refractivity contribution in [3.63, 3.8) is 0 Å². The fourth-order valence-corrected chi connectivity index (χ4v) is 2.95. The van der Waals surface area contributed by atoms with Crippen LogP contribution in [0.1, 0.15) is 38.1 Å². The van der Waals surface area contributed by atoms with E-state index in [1.165, 1.54) is 11.3 Å². The van der Waals surface area contributed by atoms with Crippen LogP contribution in [0, 0.1) is 5.92 Å². The Kier molecular flexibility index (Phi) is 6.26. The maximum Gasteiger partial charge on any atom is 0.231 e.